The molecule has 1 aromatic heterocycles. The summed E-state index contributed by atoms with van der Waals surface area (Å²) in [5.41, 5.74) is 2.18. The fourth-order valence-electron chi connectivity index (χ4n) is 3.70. The fourth-order valence-corrected chi connectivity index (χ4v) is 3.70. The van der Waals surface area contributed by atoms with Crippen LogP contribution in [-0.4, -0.2) is 35.9 Å². The smallest absolute Gasteiger partial charge is 0.487 e. The van der Waals surface area contributed by atoms with E-state index in [9.17, 15) is 4.79 Å². The van der Waals surface area contributed by atoms with E-state index in [0.29, 0.717) is 19.0 Å². The van der Waals surface area contributed by atoms with Gasteiger partial charge in [-0.25, -0.2) is 0 Å². The highest BCUT2D eigenvalue weighted by atomic mass is 16.7. The normalized spacial score (nSPS) is 23.5. The summed E-state index contributed by atoms with van der Waals surface area (Å²) in [7, 11) is -0.392. The fraction of sp³-hybridized carbons (Fsp3) is 0.500. The molecule has 2 fully saturated rings. The Morgan fingerprint density at radius 3 is 2.55 bits per heavy atom. The van der Waals surface area contributed by atoms with Gasteiger partial charge in [-0.1, -0.05) is 24.3 Å². The van der Waals surface area contributed by atoms with Gasteiger partial charge in [0.05, 0.1) is 29.9 Å². The van der Waals surface area contributed by atoms with Crippen LogP contribution in [0, 0.1) is 5.92 Å². The summed E-state index contributed by atoms with van der Waals surface area (Å²) >= 11 is 0. The first kappa shape index (κ1) is 21.8. The Kier molecular flexibility index (Phi) is 5.84. The predicted octanol–water partition coefficient (Wildman–Crippen LogP) is 3.63. The standard InChI is InChI=1S/C24H30BNO5/c1-6-28-22(27)20-13-19(20)21-11-10-18(14-26-21)29-15-16-8-7-9-17(12-16)25-30-23(2,3)24(4,5)31-25/h7-12,14,19-20H,6,13,15H2,1-5H3/t19-,20-/m0/s1. The van der Waals surface area contributed by atoms with Crippen molar-refractivity contribution in [2.75, 3.05) is 6.61 Å². The Morgan fingerprint density at radius 2 is 1.90 bits per heavy atom. The second-order valence-electron chi connectivity index (χ2n) is 9.24. The quantitative estimate of drug-likeness (QED) is 0.501. The molecular formula is C24H30BNO5. The molecule has 31 heavy (non-hydrogen) atoms. The van der Waals surface area contributed by atoms with Crippen molar-refractivity contribution in [3.8, 4) is 5.75 Å². The molecule has 2 heterocycles. The number of carbonyl (C=O) groups is 1. The lowest BCUT2D eigenvalue weighted by Gasteiger charge is -2.32. The number of carbonyl (C=O) groups excluding carboxylic acids is 1. The Labute approximate surface area is 184 Å². The van der Waals surface area contributed by atoms with Gasteiger partial charge >= 0.3 is 13.1 Å². The number of esters is 1. The maximum Gasteiger partial charge on any atom is 0.494 e. The first-order chi connectivity index (χ1) is 14.7. The molecule has 0 radical (unpaired) electrons. The molecule has 1 saturated heterocycles. The van der Waals surface area contributed by atoms with Crippen LogP contribution in [0.1, 0.15) is 58.2 Å². The van der Waals surface area contributed by atoms with Crippen LogP contribution in [0.2, 0.25) is 0 Å². The van der Waals surface area contributed by atoms with Crippen LogP contribution < -0.4 is 10.2 Å². The summed E-state index contributed by atoms with van der Waals surface area (Å²) in [6.45, 7) is 10.9. The van der Waals surface area contributed by atoms with Crippen molar-refractivity contribution in [3.63, 3.8) is 0 Å². The molecule has 164 valence electrons. The van der Waals surface area contributed by atoms with Gasteiger partial charge in [0.25, 0.3) is 0 Å². The number of benzene rings is 1. The molecule has 6 nitrogen and oxygen atoms in total. The van der Waals surface area contributed by atoms with E-state index in [4.69, 9.17) is 18.8 Å². The molecule has 0 spiro atoms. The molecule has 2 aliphatic rings. The third-order valence-electron chi connectivity index (χ3n) is 6.40. The number of hydrogen-bond acceptors (Lipinski definition) is 6. The van der Waals surface area contributed by atoms with E-state index in [2.05, 4.69) is 11.1 Å². The Balaban J connectivity index is 1.34. The van der Waals surface area contributed by atoms with E-state index < -0.39 is 7.12 Å². The van der Waals surface area contributed by atoms with Gasteiger partial charge in [-0.15, -0.1) is 0 Å². The summed E-state index contributed by atoms with van der Waals surface area (Å²) < 4.78 is 23.3. The molecular weight excluding hydrogens is 393 g/mol. The van der Waals surface area contributed by atoms with E-state index in [1.807, 2.05) is 65.0 Å². The summed E-state index contributed by atoms with van der Waals surface area (Å²) in [5, 5.41) is 0. The van der Waals surface area contributed by atoms with Crippen LogP contribution in [0.5, 0.6) is 5.75 Å². The summed E-state index contributed by atoms with van der Waals surface area (Å²) in [6.07, 6.45) is 2.52. The molecule has 1 aliphatic carbocycles. The third-order valence-corrected chi connectivity index (χ3v) is 6.40. The molecule has 2 aromatic rings. The van der Waals surface area contributed by atoms with Gasteiger partial charge in [0.1, 0.15) is 12.4 Å². The van der Waals surface area contributed by atoms with Crippen molar-refractivity contribution >= 4 is 18.6 Å². The second-order valence-corrected chi connectivity index (χ2v) is 9.24. The van der Waals surface area contributed by atoms with Crippen molar-refractivity contribution in [1.29, 1.82) is 0 Å². The number of ether oxygens (including phenoxy) is 2. The maximum atomic E-state index is 11.8. The first-order valence-electron chi connectivity index (χ1n) is 10.9. The van der Waals surface area contributed by atoms with Crippen LogP contribution in [0.4, 0.5) is 0 Å². The van der Waals surface area contributed by atoms with Crippen LogP contribution in [0.3, 0.4) is 0 Å². The zero-order valence-electron chi connectivity index (χ0n) is 18.9. The number of rotatable bonds is 7. The van der Waals surface area contributed by atoms with Gasteiger partial charge in [0.15, 0.2) is 0 Å². The largest absolute Gasteiger partial charge is 0.494 e. The highest BCUT2D eigenvalue weighted by molar-refractivity contribution is 6.62. The van der Waals surface area contributed by atoms with Crippen LogP contribution >= 0.6 is 0 Å². The van der Waals surface area contributed by atoms with Crippen molar-refractivity contribution in [1.82, 2.24) is 4.98 Å². The zero-order chi connectivity index (χ0) is 22.2. The number of aromatic nitrogens is 1. The molecule has 0 bridgehead atoms. The van der Waals surface area contributed by atoms with Gasteiger partial charge < -0.3 is 18.8 Å². The van der Waals surface area contributed by atoms with E-state index in [0.717, 1.165) is 23.1 Å². The molecule has 1 aromatic carbocycles. The van der Waals surface area contributed by atoms with Gasteiger partial charge in [0.2, 0.25) is 0 Å². The number of nitrogens with zero attached hydrogens (tertiary/aromatic N) is 1. The van der Waals surface area contributed by atoms with E-state index in [-0.39, 0.29) is 29.0 Å². The molecule has 1 saturated carbocycles. The SMILES string of the molecule is CCOC(=O)[C@H]1C[C@@H]1c1ccc(OCc2cccc(B3OC(C)(C)C(C)(C)O3)c2)cn1. The Morgan fingerprint density at radius 1 is 1.16 bits per heavy atom. The zero-order valence-corrected chi connectivity index (χ0v) is 18.9. The first-order valence-corrected chi connectivity index (χ1v) is 10.9. The molecule has 0 N–H and O–H groups in total. The van der Waals surface area contributed by atoms with Gasteiger partial charge in [-0.05, 0) is 64.2 Å². The minimum Gasteiger partial charge on any atom is -0.487 e. The average Bonchev–Trinajstić information content (AvgIpc) is 3.49. The van der Waals surface area contributed by atoms with Gasteiger partial charge in [-0.2, -0.15) is 0 Å². The molecule has 7 heteroatoms. The lowest BCUT2D eigenvalue weighted by atomic mass is 9.78. The minimum absolute atomic E-state index is 0.0584. The Bertz CT molecular complexity index is 927. The van der Waals surface area contributed by atoms with Crippen molar-refractivity contribution in [2.45, 2.75) is 64.8 Å². The third kappa shape index (κ3) is 4.63. The molecule has 0 unspecified atom stereocenters. The van der Waals surface area contributed by atoms with Gasteiger partial charge in [-0.3, -0.25) is 9.78 Å². The van der Waals surface area contributed by atoms with Crippen LogP contribution in [-0.2, 0) is 25.4 Å². The van der Waals surface area contributed by atoms with Crippen molar-refractivity contribution < 1.29 is 23.6 Å². The van der Waals surface area contributed by atoms with Crippen molar-refractivity contribution in [2.24, 2.45) is 5.92 Å². The predicted molar refractivity (Wildman–Crippen MR) is 118 cm³/mol. The molecule has 0 amide bonds. The van der Waals surface area contributed by atoms with E-state index >= 15 is 0 Å². The number of pyridine rings is 1. The molecule has 1 aliphatic heterocycles. The minimum atomic E-state index is -0.392. The molecule has 4 rings (SSSR count). The van der Waals surface area contributed by atoms with Crippen LogP contribution in [0.15, 0.2) is 42.6 Å². The van der Waals surface area contributed by atoms with Crippen molar-refractivity contribution in [3.05, 3.63) is 53.9 Å². The topological polar surface area (TPSA) is 66.9 Å². The summed E-state index contributed by atoms with van der Waals surface area (Å²) in [5.74, 6) is 0.663. The molecule has 2 atom stereocenters. The highest BCUT2D eigenvalue weighted by Gasteiger charge is 2.51. The lowest BCUT2D eigenvalue weighted by molar-refractivity contribution is -0.144. The Hall–Kier alpha value is -2.38. The highest BCUT2D eigenvalue weighted by Crippen LogP contribution is 2.47. The number of hydrogen-bond donors (Lipinski definition) is 0. The van der Waals surface area contributed by atoms with Gasteiger partial charge in [0, 0.05) is 11.6 Å². The van der Waals surface area contributed by atoms with E-state index in [1.165, 1.54) is 0 Å². The maximum absolute atomic E-state index is 11.8. The van der Waals surface area contributed by atoms with E-state index in [1.54, 1.807) is 6.20 Å². The van der Waals surface area contributed by atoms with Crippen LogP contribution in [0.25, 0.3) is 0 Å². The summed E-state index contributed by atoms with van der Waals surface area (Å²) in [6, 6.07) is 11.9. The summed E-state index contributed by atoms with van der Waals surface area (Å²) in [4.78, 5) is 16.3. The lowest BCUT2D eigenvalue weighted by Crippen LogP contribution is -2.41. The second kappa shape index (κ2) is 8.28. The monoisotopic (exact) mass is 423 g/mol. The average molecular weight is 423 g/mol.